The Bertz CT molecular complexity index is 338. The summed E-state index contributed by atoms with van der Waals surface area (Å²) in [7, 11) is 1.51. The van der Waals surface area contributed by atoms with Crippen LogP contribution < -0.4 is 0 Å². The summed E-state index contributed by atoms with van der Waals surface area (Å²) in [5, 5.41) is 0. The number of hydrogen-bond acceptors (Lipinski definition) is 1. The lowest BCUT2D eigenvalue weighted by molar-refractivity contribution is -0.0993. The molecule has 0 aromatic rings. The summed E-state index contributed by atoms with van der Waals surface area (Å²) in [6.45, 7) is 2.34. The smallest absolute Gasteiger partial charge is 0.157 e. The minimum atomic E-state index is -1.42. The zero-order valence-electron chi connectivity index (χ0n) is 13.4. The van der Waals surface area contributed by atoms with Gasteiger partial charge in [0, 0.05) is 7.11 Å². The van der Waals surface area contributed by atoms with Gasteiger partial charge in [-0.05, 0) is 68.1 Å². The summed E-state index contributed by atoms with van der Waals surface area (Å²) in [4.78, 5) is 0. The minimum absolute atomic E-state index is 0.0514. The van der Waals surface area contributed by atoms with Crippen molar-refractivity contribution in [1.82, 2.24) is 0 Å². The largest absolute Gasteiger partial charge is 0.378 e. The van der Waals surface area contributed by atoms with Gasteiger partial charge in [-0.15, -0.1) is 0 Å². The van der Waals surface area contributed by atoms with Crippen LogP contribution in [0.1, 0.15) is 58.3 Å². The lowest BCUT2D eigenvalue weighted by Gasteiger charge is -2.47. The van der Waals surface area contributed by atoms with Gasteiger partial charge in [0.15, 0.2) is 6.17 Å². The molecule has 3 aliphatic rings. The van der Waals surface area contributed by atoms with E-state index in [1.54, 1.807) is 0 Å². The number of alkyl halides is 2. The molecule has 0 aliphatic heterocycles. The Hall–Kier alpha value is -0.180. The minimum Gasteiger partial charge on any atom is -0.378 e. The molecule has 0 heterocycles. The standard InChI is InChI=1S/C18H30F2O/c1-11-3-5-12(6-4-11)13-7-8-14-10-16(21-2)18(20)17(19)15(14)9-13/h11-18H,3-10H2,1-2H3/t11?,12?,13-,14?,15?,16?,17?,18?/m1/s1. The highest BCUT2D eigenvalue weighted by Crippen LogP contribution is 2.49. The highest BCUT2D eigenvalue weighted by Gasteiger charge is 2.48. The molecule has 3 fully saturated rings. The van der Waals surface area contributed by atoms with Crippen molar-refractivity contribution in [2.24, 2.45) is 29.6 Å². The van der Waals surface area contributed by atoms with Crippen molar-refractivity contribution in [3.8, 4) is 0 Å². The van der Waals surface area contributed by atoms with Crippen LogP contribution in [0, 0.1) is 29.6 Å². The Morgan fingerprint density at radius 3 is 2.05 bits per heavy atom. The van der Waals surface area contributed by atoms with Crippen LogP contribution in [-0.4, -0.2) is 25.6 Å². The fourth-order valence-electron chi connectivity index (χ4n) is 5.27. The molecule has 0 spiro atoms. The number of ether oxygens (including phenoxy) is 1. The van der Waals surface area contributed by atoms with Gasteiger partial charge < -0.3 is 4.74 Å². The van der Waals surface area contributed by atoms with Gasteiger partial charge in [0.2, 0.25) is 0 Å². The molecule has 5 unspecified atom stereocenters. The fraction of sp³-hybridized carbons (Fsp3) is 1.00. The van der Waals surface area contributed by atoms with Crippen LogP contribution in [0.15, 0.2) is 0 Å². The molecule has 3 aliphatic carbocycles. The van der Waals surface area contributed by atoms with E-state index in [1.807, 2.05) is 0 Å². The lowest BCUT2D eigenvalue weighted by Crippen LogP contribution is -2.49. The molecule has 0 radical (unpaired) electrons. The third-order valence-electron chi connectivity index (χ3n) is 6.72. The van der Waals surface area contributed by atoms with Crippen LogP contribution in [0.2, 0.25) is 0 Å². The highest BCUT2D eigenvalue weighted by molar-refractivity contribution is 4.97. The molecule has 6 atom stereocenters. The zero-order chi connectivity index (χ0) is 15.0. The van der Waals surface area contributed by atoms with E-state index in [-0.39, 0.29) is 5.92 Å². The highest BCUT2D eigenvalue weighted by atomic mass is 19.2. The number of halogens is 2. The second-order valence-electron chi connectivity index (χ2n) is 7.92. The van der Waals surface area contributed by atoms with Gasteiger partial charge in [0.1, 0.15) is 6.17 Å². The Balaban J connectivity index is 1.62. The average Bonchev–Trinajstić information content (AvgIpc) is 2.51. The van der Waals surface area contributed by atoms with Crippen molar-refractivity contribution in [2.75, 3.05) is 7.11 Å². The number of hydrogen-bond donors (Lipinski definition) is 0. The van der Waals surface area contributed by atoms with Crippen LogP contribution in [0.25, 0.3) is 0 Å². The maximum absolute atomic E-state index is 14.5. The van der Waals surface area contributed by atoms with Gasteiger partial charge in [-0.1, -0.05) is 19.8 Å². The number of methoxy groups -OCH3 is 1. The lowest BCUT2D eigenvalue weighted by atomic mass is 9.61. The van der Waals surface area contributed by atoms with Crippen LogP contribution in [0.5, 0.6) is 0 Å². The molecule has 0 aromatic heterocycles. The van der Waals surface area contributed by atoms with E-state index in [1.165, 1.54) is 39.2 Å². The molecule has 122 valence electrons. The summed E-state index contributed by atoms with van der Waals surface area (Å²) in [5.41, 5.74) is 0. The Morgan fingerprint density at radius 2 is 1.38 bits per heavy atom. The molecule has 3 rings (SSSR count). The molecule has 3 saturated carbocycles. The third kappa shape index (κ3) is 3.13. The molecule has 0 bridgehead atoms. The van der Waals surface area contributed by atoms with E-state index < -0.39 is 18.4 Å². The molecule has 3 heteroatoms. The van der Waals surface area contributed by atoms with Gasteiger partial charge in [0.05, 0.1) is 6.10 Å². The molecular formula is C18H30F2O. The van der Waals surface area contributed by atoms with Crippen molar-refractivity contribution in [1.29, 1.82) is 0 Å². The van der Waals surface area contributed by atoms with Gasteiger partial charge in [0.25, 0.3) is 0 Å². The van der Waals surface area contributed by atoms with Crippen molar-refractivity contribution in [2.45, 2.75) is 76.7 Å². The molecule has 0 amide bonds. The quantitative estimate of drug-likeness (QED) is 0.702. The molecular weight excluding hydrogens is 270 g/mol. The topological polar surface area (TPSA) is 9.23 Å². The Labute approximate surface area is 127 Å². The first-order valence-corrected chi connectivity index (χ1v) is 8.91. The van der Waals surface area contributed by atoms with Crippen molar-refractivity contribution < 1.29 is 13.5 Å². The zero-order valence-corrected chi connectivity index (χ0v) is 13.4. The summed E-state index contributed by atoms with van der Waals surface area (Å²) < 4.78 is 33.8. The molecule has 0 saturated heterocycles. The molecule has 21 heavy (non-hydrogen) atoms. The SMILES string of the molecule is COC1CC2CC[C@@H](C3CCC(C)CC3)CC2C(F)C1F. The molecule has 0 N–H and O–H groups in total. The van der Waals surface area contributed by atoms with Crippen molar-refractivity contribution in [3.63, 3.8) is 0 Å². The third-order valence-corrected chi connectivity index (χ3v) is 6.72. The summed E-state index contributed by atoms with van der Waals surface area (Å²) in [6, 6.07) is 0. The van der Waals surface area contributed by atoms with E-state index in [2.05, 4.69) is 6.92 Å². The monoisotopic (exact) mass is 300 g/mol. The predicted octanol–water partition coefficient (Wildman–Crippen LogP) is 4.94. The van der Waals surface area contributed by atoms with Crippen LogP contribution >= 0.6 is 0 Å². The molecule has 0 aromatic carbocycles. The van der Waals surface area contributed by atoms with Crippen LogP contribution in [0.4, 0.5) is 8.78 Å². The van der Waals surface area contributed by atoms with Crippen LogP contribution in [0.3, 0.4) is 0 Å². The average molecular weight is 300 g/mol. The van der Waals surface area contributed by atoms with E-state index in [0.717, 1.165) is 31.1 Å². The first-order valence-electron chi connectivity index (χ1n) is 8.91. The van der Waals surface area contributed by atoms with E-state index in [4.69, 9.17) is 4.74 Å². The summed E-state index contributed by atoms with van der Waals surface area (Å²) >= 11 is 0. The molecule has 1 nitrogen and oxygen atoms in total. The van der Waals surface area contributed by atoms with Crippen molar-refractivity contribution in [3.05, 3.63) is 0 Å². The Morgan fingerprint density at radius 1 is 0.762 bits per heavy atom. The maximum atomic E-state index is 14.5. The van der Waals surface area contributed by atoms with Crippen LogP contribution in [-0.2, 0) is 4.74 Å². The van der Waals surface area contributed by atoms with Gasteiger partial charge in [-0.25, -0.2) is 8.78 Å². The second-order valence-corrected chi connectivity index (χ2v) is 7.92. The van der Waals surface area contributed by atoms with Gasteiger partial charge in [-0.2, -0.15) is 0 Å². The van der Waals surface area contributed by atoms with Crippen molar-refractivity contribution >= 4 is 0 Å². The van der Waals surface area contributed by atoms with E-state index in [0.29, 0.717) is 11.8 Å². The normalized spacial score (nSPS) is 51.4. The summed E-state index contributed by atoms with van der Waals surface area (Å²) in [6.07, 6.45) is 5.96. The van der Waals surface area contributed by atoms with Gasteiger partial charge in [-0.3, -0.25) is 0 Å². The number of fused-ring (bicyclic) bond motifs is 1. The first kappa shape index (κ1) is 15.7. The maximum Gasteiger partial charge on any atom is 0.157 e. The summed E-state index contributed by atoms with van der Waals surface area (Å²) in [5.74, 6) is 2.56. The fourth-order valence-corrected chi connectivity index (χ4v) is 5.27. The second kappa shape index (κ2) is 6.52. The predicted molar refractivity (Wildman–Crippen MR) is 80.6 cm³/mol. The number of rotatable bonds is 2. The van der Waals surface area contributed by atoms with E-state index >= 15 is 0 Å². The Kier molecular flexibility index (Phi) is 4.87. The first-order chi connectivity index (χ1) is 10.1. The van der Waals surface area contributed by atoms with E-state index in [9.17, 15) is 8.78 Å². The van der Waals surface area contributed by atoms with Gasteiger partial charge >= 0.3 is 0 Å².